The average Bonchev–Trinajstić information content (AvgIpc) is 2.83. The molecule has 2 atom stereocenters. The van der Waals surface area contributed by atoms with Crippen LogP contribution >= 0.6 is 0 Å². The SMILES string of the molecule is C[Si](C)(C)OC1(C(F)(F)F)CC2CCC(C1)N2C(=O)OCc1ccccc1. The van der Waals surface area contributed by atoms with Crippen LogP contribution in [0.1, 0.15) is 31.2 Å². The highest BCUT2D eigenvalue weighted by atomic mass is 28.4. The minimum atomic E-state index is -4.45. The van der Waals surface area contributed by atoms with Gasteiger partial charge in [-0.25, -0.2) is 4.79 Å². The second kappa shape index (κ2) is 7.13. The number of halogens is 3. The standard InChI is InChI=1S/C19H26F3NO3Si/c1-27(2,3)26-18(19(20,21)22)11-15-9-10-16(12-18)23(15)17(24)25-13-14-7-5-4-6-8-14/h4-8,15-16H,9-13H2,1-3H3. The number of alkyl halides is 3. The van der Waals surface area contributed by atoms with Crippen LogP contribution in [0.2, 0.25) is 19.6 Å². The highest BCUT2D eigenvalue weighted by Crippen LogP contribution is 2.51. The lowest BCUT2D eigenvalue weighted by molar-refractivity contribution is -0.269. The lowest BCUT2D eigenvalue weighted by Gasteiger charge is -2.48. The number of ether oxygens (including phenoxy) is 1. The van der Waals surface area contributed by atoms with Crippen molar-refractivity contribution in [1.82, 2.24) is 4.90 Å². The fourth-order valence-electron chi connectivity index (χ4n) is 4.26. The van der Waals surface area contributed by atoms with Gasteiger partial charge in [-0.05, 0) is 38.0 Å². The number of hydrogen-bond acceptors (Lipinski definition) is 3. The van der Waals surface area contributed by atoms with Crippen molar-refractivity contribution in [3.05, 3.63) is 35.9 Å². The number of piperidine rings is 1. The van der Waals surface area contributed by atoms with Crippen LogP contribution < -0.4 is 0 Å². The van der Waals surface area contributed by atoms with Crippen LogP contribution in [-0.2, 0) is 15.8 Å². The fraction of sp³-hybridized carbons (Fsp3) is 0.632. The lowest BCUT2D eigenvalue weighted by atomic mass is 9.85. The molecule has 2 unspecified atom stereocenters. The van der Waals surface area contributed by atoms with Crippen molar-refractivity contribution >= 4 is 14.4 Å². The van der Waals surface area contributed by atoms with Crippen LogP contribution in [0.15, 0.2) is 30.3 Å². The van der Waals surface area contributed by atoms with Crippen molar-refractivity contribution in [1.29, 1.82) is 0 Å². The summed E-state index contributed by atoms with van der Waals surface area (Å²) >= 11 is 0. The van der Waals surface area contributed by atoms with Gasteiger partial charge < -0.3 is 14.1 Å². The van der Waals surface area contributed by atoms with E-state index in [1.807, 2.05) is 30.3 Å². The topological polar surface area (TPSA) is 38.8 Å². The molecule has 4 nitrogen and oxygen atoms in total. The number of carbonyl (C=O) groups excluding carboxylic acids is 1. The molecule has 2 aliphatic rings. The summed E-state index contributed by atoms with van der Waals surface area (Å²) in [7, 11) is -2.42. The van der Waals surface area contributed by atoms with E-state index in [0.717, 1.165) is 5.56 Å². The van der Waals surface area contributed by atoms with Crippen molar-refractivity contribution < 1.29 is 27.1 Å². The number of rotatable bonds is 4. The first-order valence-electron chi connectivity index (χ1n) is 9.27. The van der Waals surface area contributed by atoms with E-state index in [4.69, 9.17) is 9.16 Å². The Morgan fingerprint density at radius 2 is 1.70 bits per heavy atom. The zero-order valence-electron chi connectivity index (χ0n) is 15.9. The number of benzene rings is 1. The summed E-state index contributed by atoms with van der Waals surface area (Å²) in [6, 6.07) is 8.25. The van der Waals surface area contributed by atoms with Crippen LogP contribution in [0.5, 0.6) is 0 Å². The molecule has 1 amide bonds. The molecule has 150 valence electrons. The maximum atomic E-state index is 14.0. The van der Waals surface area contributed by atoms with Crippen molar-refractivity contribution in [2.45, 2.75) is 75.8 Å². The largest absolute Gasteiger partial charge is 0.445 e. The molecule has 2 bridgehead atoms. The minimum absolute atomic E-state index is 0.116. The Morgan fingerprint density at radius 3 is 2.19 bits per heavy atom. The van der Waals surface area contributed by atoms with Gasteiger partial charge in [0.2, 0.25) is 0 Å². The van der Waals surface area contributed by atoms with Gasteiger partial charge in [-0.2, -0.15) is 13.2 Å². The molecule has 0 N–H and O–H groups in total. The summed E-state index contributed by atoms with van der Waals surface area (Å²) in [5, 5.41) is 0. The number of nitrogens with zero attached hydrogens (tertiary/aromatic N) is 1. The van der Waals surface area contributed by atoms with Crippen LogP contribution in [0.4, 0.5) is 18.0 Å². The fourth-order valence-corrected chi connectivity index (χ4v) is 5.71. The molecular formula is C19H26F3NO3Si. The molecule has 2 fully saturated rings. The second-order valence-electron chi connectivity index (χ2n) is 8.45. The molecule has 2 heterocycles. The minimum Gasteiger partial charge on any atom is -0.445 e. The van der Waals surface area contributed by atoms with Crippen LogP contribution in [0.3, 0.4) is 0 Å². The molecule has 0 aliphatic carbocycles. The molecule has 0 saturated carbocycles. The van der Waals surface area contributed by atoms with Gasteiger partial charge in [0.15, 0.2) is 13.9 Å². The molecule has 1 aromatic rings. The second-order valence-corrected chi connectivity index (χ2v) is 12.9. The molecular weight excluding hydrogens is 375 g/mol. The predicted molar refractivity (Wildman–Crippen MR) is 97.7 cm³/mol. The van der Waals surface area contributed by atoms with Gasteiger partial charge in [0.1, 0.15) is 6.61 Å². The van der Waals surface area contributed by atoms with E-state index >= 15 is 0 Å². The van der Waals surface area contributed by atoms with Gasteiger partial charge in [0, 0.05) is 24.9 Å². The van der Waals surface area contributed by atoms with Crippen LogP contribution in [0.25, 0.3) is 0 Å². The molecule has 0 spiro atoms. The highest BCUT2D eigenvalue weighted by molar-refractivity contribution is 6.69. The lowest BCUT2D eigenvalue weighted by Crippen LogP contribution is -2.62. The van der Waals surface area contributed by atoms with E-state index in [-0.39, 0.29) is 19.4 Å². The molecule has 27 heavy (non-hydrogen) atoms. The van der Waals surface area contributed by atoms with E-state index in [9.17, 15) is 18.0 Å². The van der Waals surface area contributed by atoms with Crippen molar-refractivity contribution in [3.63, 3.8) is 0 Å². The zero-order chi connectivity index (χ0) is 19.9. The van der Waals surface area contributed by atoms with Gasteiger partial charge in [0.05, 0.1) is 0 Å². The normalized spacial score (nSPS) is 28.3. The maximum Gasteiger partial charge on any atom is 0.416 e. The number of carbonyl (C=O) groups is 1. The zero-order valence-corrected chi connectivity index (χ0v) is 16.9. The third kappa shape index (κ3) is 4.32. The summed E-state index contributed by atoms with van der Waals surface area (Å²) in [4.78, 5) is 14.1. The Labute approximate surface area is 158 Å². The Hall–Kier alpha value is -1.54. The Kier molecular flexibility index (Phi) is 5.33. The Morgan fingerprint density at radius 1 is 1.15 bits per heavy atom. The molecule has 2 aliphatic heterocycles. The highest BCUT2D eigenvalue weighted by Gasteiger charge is 2.64. The number of amides is 1. The smallest absolute Gasteiger partial charge is 0.416 e. The predicted octanol–water partition coefficient (Wildman–Crippen LogP) is 5.10. The molecule has 3 rings (SSSR count). The first-order valence-corrected chi connectivity index (χ1v) is 12.7. The van der Waals surface area contributed by atoms with E-state index < -0.39 is 38.3 Å². The van der Waals surface area contributed by atoms with Gasteiger partial charge in [-0.1, -0.05) is 30.3 Å². The molecule has 2 saturated heterocycles. The van der Waals surface area contributed by atoms with Gasteiger partial charge >= 0.3 is 12.3 Å². The number of hydrogen-bond donors (Lipinski definition) is 0. The van der Waals surface area contributed by atoms with Crippen LogP contribution in [0, 0.1) is 0 Å². The summed E-state index contributed by atoms with van der Waals surface area (Å²) < 4.78 is 53.0. The van der Waals surface area contributed by atoms with E-state index in [2.05, 4.69) is 0 Å². The van der Waals surface area contributed by atoms with Gasteiger partial charge in [0.25, 0.3) is 0 Å². The monoisotopic (exact) mass is 401 g/mol. The summed E-state index contributed by atoms with van der Waals surface area (Å²) in [5.41, 5.74) is -1.30. The van der Waals surface area contributed by atoms with Gasteiger partial charge in [-0.15, -0.1) is 0 Å². The van der Waals surface area contributed by atoms with Crippen molar-refractivity contribution in [3.8, 4) is 0 Å². The van der Waals surface area contributed by atoms with Gasteiger partial charge in [-0.3, -0.25) is 0 Å². The number of fused-ring (bicyclic) bond motifs is 2. The third-order valence-corrected chi connectivity index (χ3v) is 6.19. The summed E-state index contributed by atoms with van der Waals surface area (Å²) in [6.07, 6.45) is -4.30. The van der Waals surface area contributed by atoms with Crippen molar-refractivity contribution in [2.75, 3.05) is 0 Å². The first kappa shape index (κ1) is 20.2. The maximum absolute atomic E-state index is 14.0. The first-order chi connectivity index (χ1) is 12.5. The summed E-state index contributed by atoms with van der Waals surface area (Å²) in [5.74, 6) is 0. The molecule has 1 aromatic carbocycles. The quantitative estimate of drug-likeness (QED) is 0.659. The molecule has 0 aromatic heterocycles. The Balaban J connectivity index is 1.73. The molecule has 0 radical (unpaired) electrons. The Bertz CT molecular complexity index is 661. The third-order valence-electron chi connectivity index (χ3n) is 5.18. The van der Waals surface area contributed by atoms with Crippen LogP contribution in [-0.4, -0.2) is 43.2 Å². The summed E-state index contributed by atoms with van der Waals surface area (Å²) in [6.45, 7) is 5.42. The molecule has 8 heteroatoms. The van der Waals surface area contributed by atoms with E-state index in [1.165, 1.54) is 4.90 Å². The van der Waals surface area contributed by atoms with E-state index in [1.54, 1.807) is 19.6 Å². The van der Waals surface area contributed by atoms with Crippen molar-refractivity contribution in [2.24, 2.45) is 0 Å². The van der Waals surface area contributed by atoms with E-state index in [0.29, 0.717) is 12.8 Å². The average molecular weight is 402 g/mol.